The van der Waals surface area contributed by atoms with Crippen LogP contribution in [-0.2, 0) is 4.79 Å². The number of methoxy groups -OCH3 is 1. The van der Waals surface area contributed by atoms with Crippen LogP contribution >= 0.6 is 11.3 Å². The van der Waals surface area contributed by atoms with E-state index in [2.05, 4.69) is 32.3 Å². The maximum absolute atomic E-state index is 12.7. The zero-order valence-corrected chi connectivity index (χ0v) is 16.8. The Morgan fingerprint density at radius 1 is 1.21 bits per heavy atom. The molecule has 3 aromatic rings. The maximum atomic E-state index is 12.7. The number of fused-ring (bicyclic) bond motifs is 1. The van der Waals surface area contributed by atoms with Crippen LogP contribution in [0.3, 0.4) is 0 Å². The molecule has 2 aromatic heterocycles. The molecule has 1 fully saturated rings. The van der Waals surface area contributed by atoms with Gasteiger partial charge in [0, 0.05) is 31.1 Å². The molecule has 8 heteroatoms. The Morgan fingerprint density at radius 2 is 2.00 bits per heavy atom. The topological polar surface area (TPSA) is 70.6 Å². The first-order valence-corrected chi connectivity index (χ1v) is 10.1. The van der Waals surface area contributed by atoms with Gasteiger partial charge in [-0.15, -0.1) is 11.3 Å². The van der Waals surface area contributed by atoms with E-state index >= 15 is 0 Å². The molecule has 4 rings (SSSR count). The molecule has 0 bridgehead atoms. The minimum absolute atomic E-state index is 0.0818. The smallest absolute Gasteiger partial charge is 0.242 e. The molecule has 0 spiro atoms. The zero-order valence-electron chi connectivity index (χ0n) is 16.0. The molecule has 1 aliphatic rings. The molecule has 0 atom stereocenters. The van der Waals surface area contributed by atoms with E-state index < -0.39 is 0 Å². The third-order valence-electron chi connectivity index (χ3n) is 4.92. The summed E-state index contributed by atoms with van der Waals surface area (Å²) in [7, 11) is 1.68. The van der Waals surface area contributed by atoms with Crippen molar-refractivity contribution in [1.29, 1.82) is 0 Å². The molecule has 3 heterocycles. The van der Waals surface area contributed by atoms with Gasteiger partial charge in [0.1, 0.15) is 22.7 Å². The third-order valence-corrected chi connectivity index (χ3v) is 5.88. The van der Waals surface area contributed by atoms with Gasteiger partial charge in [0.2, 0.25) is 5.91 Å². The molecule has 0 radical (unpaired) electrons. The molecular weight excluding hydrogens is 374 g/mol. The summed E-state index contributed by atoms with van der Waals surface area (Å²) < 4.78 is 5.45. The number of carbonyl (C=O) groups is 1. The van der Waals surface area contributed by atoms with Crippen LogP contribution in [0.15, 0.2) is 36.7 Å². The predicted octanol–water partition coefficient (Wildman–Crippen LogP) is 2.77. The molecule has 1 amide bonds. The monoisotopic (exact) mass is 397 g/mol. The number of anilines is 2. The normalized spacial score (nSPS) is 14.4. The van der Waals surface area contributed by atoms with Gasteiger partial charge < -0.3 is 19.9 Å². The second-order valence-electron chi connectivity index (χ2n) is 6.69. The van der Waals surface area contributed by atoms with E-state index in [1.54, 1.807) is 18.4 Å². The number of hydrogen-bond donors (Lipinski definition) is 1. The molecule has 1 aliphatic heterocycles. The molecule has 0 aliphatic carbocycles. The summed E-state index contributed by atoms with van der Waals surface area (Å²) in [6, 6.07) is 10.0. The summed E-state index contributed by atoms with van der Waals surface area (Å²) in [5.74, 6) is 1.66. The fourth-order valence-corrected chi connectivity index (χ4v) is 4.32. The van der Waals surface area contributed by atoms with Crippen LogP contribution in [0.25, 0.3) is 10.2 Å². The second kappa shape index (κ2) is 8.02. The number of amides is 1. The van der Waals surface area contributed by atoms with Crippen molar-refractivity contribution < 1.29 is 9.53 Å². The number of piperazine rings is 1. The van der Waals surface area contributed by atoms with Gasteiger partial charge in [0.05, 0.1) is 24.7 Å². The number of rotatable bonds is 5. The summed E-state index contributed by atoms with van der Waals surface area (Å²) in [6.45, 7) is 5.23. The average Bonchev–Trinajstić information content (AvgIpc) is 3.13. The van der Waals surface area contributed by atoms with E-state index in [0.29, 0.717) is 13.1 Å². The standard InChI is InChI=1S/C20H23N5O2S/c1-14-11-15-19(22-13-23-20(15)28-14)21-12-18(26)25-9-7-24(8-10-25)16-5-3-4-6-17(16)27-2/h3-6,11,13H,7-10,12H2,1-2H3,(H,21,22,23). The van der Waals surface area contributed by atoms with Crippen molar-refractivity contribution in [3.05, 3.63) is 41.5 Å². The third kappa shape index (κ3) is 3.73. The van der Waals surface area contributed by atoms with Crippen molar-refractivity contribution >= 4 is 39.0 Å². The lowest BCUT2D eigenvalue weighted by molar-refractivity contribution is -0.129. The quantitative estimate of drug-likeness (QED) is 0.714. The van der Waals surface area contributed by atoms with Crippen molar-refractivity contribution in [1.82, 2.24) is 14.9 Å². The number of ether oxygens (including phenoxy) is 1. The largest absolute Gasteiger partial charge is 0.495 e. The minimum atomic E-state index is 0.0818. The Kier molecular flexibility index (Phi) is 5.29. The number of carbonyl (C=O) groups excluding carboxylic acids is 1. The molecule has 28 heavy (non-hydrogen) atoms. The van der Waals surface area contributed by atoms with Gasteiger partial charge in [0.15, 0.2) is 0 Å². The molecule has 0 unspecified atom stereocenters. The number of hydrogen-bond acceptors (Lipinski definition) is 7. The van der Waals surface area contributed by atoms with Gasteiger partial charge in [-0.05, 0) is 25.1 Å². The van der Waals surface area contributed by atoms with Gasteiger partial charge in [-0.1, -0.05) is 12.1 Å². The summed E-state index contributed by atoms with van der Waals surface area (Å²) in [5, 5.41) is 4.16. The van der Waals surface area contributed by atoms with Gasteiger partial charge in [-0.3, -0.25) is 4.79 Å². The molecule has 1 N–H and O–H groups in total. The minimum Gasteiger partial charge on any atom is -0.495 e. The first kappa shape index (κ1) is 18.5. The van der Waals surface area contributed by atoms with Crippen molar-refractivity contribution in [2.24, 2.45) is 0 Å². The lowest BCUT2D eigenvalue weighted by atomic mass is 10.2. The van der Waals surface area contributed by atoms with E-state index in [-0.39, 0.29) is 12.5 Å². The lowest BCUT2D eigenvalue weighted by Gasteiger charge is -2.36. The molecule has 1 aromatic carbocycles. The molecular formula is C20H23N5O2S. The van der Waals surface area contributed by atoms with E-state index in [9.17, 15) is 4.79 Å². The highest BCUT2D eigenvalue weighted by Gasteiger charge is 2.23. The second-order valence-corrected chi connectivity index (χ2v) is 7.93. The van der Waals surface area contributed by atoms with E-state index in [1.165, 1.54) is 11.2 Å². The first-order valence-electron chi connectivity index (χ1n) is 9.26. The number of benzene rings is 1. The molecule has 0 saturated carbocycles. The lowest BCUT2D eigenvalue weighted by Crippen LogP contribution is -2.50. The van der Waals surface area contributed by atoms with Crippen LogP contribution < -0.4 is 15.0 Å². The van der Waals surface area contributed by atoms with Gasteiger partial charge in [-0.25, -0.2) is 9.97 Å². The Hall–Kier alpha value is -2.87. The average molecular weight is 398 g/mol. The van der Waals surface area contributed by atoms with Crippen LogP contribution in [0.2, 0.25) is 0 Å². The summed E-state index contributed by atoms with van der Waals surface area (Å²) in [5.41, 5.74) is 1.08. The highest BCUT2D eigenvalue weighted by atomic mass is 32.1. The zero-order chi connectivity index (χ0) is 19.5. The van der Waals surface area contributed by atoms with Crippen LogP contribution in [-0.4, -0.2) is 60.6 Å². The number of nitrogens with zero attached hydrogens (tertiary/aromatic N) is 4. The maximum Gasteiger partial charge on any atom is 0.242 e. The van der Waals surface area contributed by atoms with Crippen molar-refractivity contribution in [3.8, 4) is 5.75 Å². The van der Waals surface area contributed by atoms with Crippen LogP contribution in [0, 0.1) is 6.92 Å². The van der Waals surface area contributed by atoms with Crippen molar-refractivity contribution in [2.75, 3.05) is 50.1 Å². The Bertz CT molecular complexity index is 982. The van der Waals surface area contributed by atoms with Crippen molar-refractivity contribution in [3.63, 3.8) is 0 Å². The highest BCUT2D eigenvalue weighted by Crippen LogP contribution is 2.29. The number of nitrogens with one attached hydrogen (secondary N) is 1. The van der Waals surface area contributed by atoms with Crippen LogP contribution in [0.1, 0.15) is 4.88 Å². The van der Waals surface area contributed by atoms with Gasteiger partial charge in [-0.2, -0.15) is 0 Å². The number of aryl methyl sites for hydroxylation is 1. The van der Waals surface area contributed by atoms with Crippen LogP contribution in [0.5, 0.6) is 5.75 Å². The highest BCUT2D eigenvalue weighted by molar-refractivity contribution is 7.18. The Labute approximate surface area is 168 Å². The van der Waals surface area contributed by atoms with Gasteiger partial charge >= 0.3 is 0 Å². The fraction of sp³-hybridized carbons (Fsp3) is 0.350. The number of para-hydroxylation sites is 2. The van der Waals surface area contributed by atoms with E-state index in [1.807, 2.05) is 30.0 Å². The van der Waals surface area contributed by atoms with Crippen molar-refractivity contribution in [2.45, 2.75) is 6.92 Å². The fourth-order valence-electron chi connectivity index (χ4n) is 3.48. The van der Waals surface area contributed by atoms with Crippen LogP contribution in [0.4, 0.5) is 11.5 Å². The summed E-state index contributed by atoms with van der Waals surface area (Å²) in [6.07, 6.45) is 1.54. The van der Waals surface area contributed by atoms with E-state index in [4.69, 9.17) is 4.74 Å². The SMILES string of the molecule is COc1ccccc1N1CCN(C(=O)CNc2ncnc3sc(C)cc23)CC1. The first-order chi connectivity index (χ1) is 13.7. The number of aromatic nitrogens is 2. The molecule has 1 saturated heterocycles. The Morgan fingerprint density at radius 3 is 2.79 bits per heavy atom. The predicted molar refractivity (Wildman–Crippen MR) is 112 cm³/mol. The van der Waals surface area contributed by atoms with E-state index in [0.717, 1.165) is 40.6 Å². The number of thiophene rings is 1. The molecule has 7 nitrogen and oxygen atoms in total. The Balaban J connectivity index is 1.35. The summed E-state index contributed by atoms with van der Waals surface area (Å²) >= 11 is 1.63. The van der Waals surface area contributed by atoms with Gasteiger partial charge in [0.25, 0.3) is 0 Å². The molecule has 146 valence electrons. The summed E-state index contributed by atoms with van der Waals surface area (Å²) in [4.78, 5) is 27.5.